The standard InChI is InChI=1S/C16H23N3O/c1-11(17)13-4-2-3-5-15(13)19-9-8-14-12(10-19)6-7-16(20)18-14/h2-5,11-12,14H,6-10,17H2,1H3,(H,18,20). The van der Waals surface area contributed by atoms with Gasteiger partial charge in [0.15, 0.2) is 0 Å². The third kappa shape index (κ3) is 2.52. The largest absolute Gasteiger partial charge is 0.371 e. The fourth-order valence-corrected chi connectivity index (χ4v) is 3.49. The van der Waals surface area contributed by atoms with Crippen LogP contribution in [0.4, 0.5) is 5.69 Å². The Morgan fingerprint density at radius 3 is 2.95 bits per heavy atom. The van der Waals surface area contributed by atoms with Crippen LogP contribution in [0.2, 0.25) is 0 Å². The third-order valence-corrected chi connectivity index (χ3v) is 4.59. The molecule has 2 saturated heterocycles. The number of piperidine rings is 2. The summed E-state index contributed by atoms with van der Waals surface area (Å²) >= 11 is 0. The SMILES string of the molecule is CC(N)c1ccccc1N1CCC2NC(=O)CCC2C1. The topological polar surface area (TPSA) is 58.4 Å². The van der Waals surface area contributed by atoms with E-state index in [4.69, 9.17) is 5.73 Å². The summed E-state index contributed by atoms with van der Waals surface area (Å²) in [6.07, 6.45) is 2.71. The van der Waals surface area contributed by atoms with Crippen molar-refractivity contribution in [1.82, 2.24) is 5.32 Å². The van der Waals surface area contributed by atoms with E-state index in [9.17, 15) is 4.79 Å². The Bertz CT molecular complexity index is 500. The third-order valence-electron chi connectivity index (χ3n) is 4.59. The first-order chi connectivity index (χ1) is 9.65. The average molecular weight is 273 g/mol. The Kier molecular flexibility index (Phi) is 3.66. The molecule has 0 spiro atoms. The first kappa shape index (κ1) is 13.4. The second-order valence-electron chi connectivity index (χ2n) is 6.05. The van der Waals surface area contributed by atoms with E-state index >= 15 is 0 Å². The maximum Gasteiger partial charge on any atom is 0.220 e. The van der Waals surface area contributed by atoms with Crippen molar-refractivity contribution in [2.45, 2.75) is 38.3 Å². The molecule has 3 rings (SSSR count). The van der Waals surface area contributed by atoms with Crippen LogP contribution in [0.15, 0.2) is 24.3 Å². The monoisotopic (exact) mass is 273 g/mol. The number of amides is 1. The number of carbonyl (C=O) groups is 1. The molecule has 0 saturated carbocycles. The van der Waals surface area contributed by atoms with Crippen LogP contribution < -0.4 is 16.0 Å². The molecule has 2 aliphatic heterocycles. The van der Waals surface area contributed by atoms with Crippen LogP contribution in [-0.4, -0.2) is 25.0 Å². The van der Waals surface area contributed by atoms with Gasteiger partial charge in [0.25, 0.3) is 0 Å². The lowest BCUT2D eigenvalue weighted by Gasteiger charge is -2.43. The van der Waals surface area contributed by atoms with Gasteiger partial charge >= 0.3 is 0 Å². The lowest BCUT2D eigenvalue weighted by molar-refractivity contribution is -0.124. The molecular weight excluding hydrogens is 250 g/mol. The van der Waals surface area contributed by atoms with Crippen molar-refractivity contribution in [2.24, 2.45) is 11.7 Å². The fourth-order valence-electron chi connectivity index (χ4n) is 3.49. The van der Waals surface area contributed by atoms with Gasteiger partial charge in [0, 0.05) is 37.3 Å². The summed E-state index contributed by atoms with van der Waals surface area (Å²) in [6.45, 7) is 4.05. The van der Waals surface area contributed by atoms with E-state index in [1.165, 1.54) is 11.3 Å². The molecule has 3 N–H and O–H groups in total. The predicted octanol–water partition coefficient (Wildman–Crippen LogP) is 1.81. The first-order valence-corrected chi connectivity index (χ1v) is 7.54. The second kappa shape index (κ2) is 5.44. The number of para-hydroxylation sites is 1. The number of nitrogens with two attached hydrogens (primary N) is 1. The molecule has 0 radical (unpaired) electrons. The molecule has 0 aliphatic carbocycles. The maximum absolute atomic E-state index is 11.5. The van der Waals surface area contributed by atoms with Crippen molar-refractivity contribution in [1.29, 1.82) is 0 Å². The smallest absolute Gasteiger partial charge is 0.220 e. The molecule has 3 atom stereocenters. The van der Waals surface area contributed by atoms with Crippen LogP contribution in [-0.2, 0) is 4.79 Å². The van der Waals surface area contributed by atoms with E-state index in [2.05, 4.69) is 34.5 Å². The van der Waals surface area contributed by atoms with Gasteiger partial charge in [-0.15, -0.1) is 0 Å². The molecule has 2 fully saturated rings. The van der Waals surface area contributed by atoms with Gasteiger partial charge in [-0.1, -0.05) is 18.2 Å². The van der Waals surface area contributed by atoms with Gasteiger partial charge in [0.05, 0.1) is 0 Å². The molecule has 0 bridgehead atoms. The van der Waals surface area contributed by atoms with E-state index < -0.39 is 0 Å². The zero-order valence-corrected chi connectivity index (χ0v) is 12.0. The Morgan fingerprint density at radius 2 is 2.15 bits per heavy atom. The number of nitrogens with one attached hydrogen (secondary N) is 1. The highest BCUT2D eigenvalue weighted by molar-refractivity contribution is 5.77. The van der Waals surface area contributed by atoms with Crippen molar-refractivity contribution in [3.8, 4) is 0 Å². The molecule has 4 heteroatoms. The van der Waals surface area contributed by atoms with E-state index in [-0.39, 0.29) is 11.9 Å². The van der Waals surface area contributed by atoms with Crippen molar-refractivity contribution in [2.75, 3.05) is 18.0 Å². The number of nitrogens with zero attached hydrogens (tertiary/aromatic N) is 1. The molecular formula is C16H23N3O. The summed E-state index contributed by atoms with van der Waals surface area (Å²) in [4.78, 5) is 13.9. The minimum absolute atomic E-state index is 0.0509. The van der Waals surface area contributed by atoms with Gasteiger partial charge in [0.1, 0.15) is 0 Å². The number of benzene rings is 1. The van der Waals surface area contributed by atoms with Gasteiger partial charge in [-0.25, -0.2) is 0 Å². The Hall–Kier alpha value is -1.55. The van der Waals surface area contributed by atoms with Crippen LogP contribution in [0.1, 0.15) is 37.8 Å². The first-order valence-electron chi connectivity index (χ1n) is 7.54. The predicted molar refractivity (Wildman–Crippen MR) is 80.5 cm³/mol. The minimum Gasteiger partial charge on any atom is -0.371 e. The zero-order chi connectivity index (χ0) is 14.1. The van der Waals surface area contributed by atoms with Crippen molar-refractivity contribution < 1.29 is 4.79 Å². The van der Waals surface area contributed by atoms with E-state index in [0.29, 0.717) is 18.4 Å². The van der Waals surface area contributed by atoms with Crippen LogP contribution in [0.25, 0.3) is 0 Å². The van der Waals surface area contributed by atoms with Crippen LogP contribution in [0.5, 0.6) is 0 Å². The molecule has 3 unspecified atom stereocenters. The molecule has 1 aromatic rings. The molecule has 0 aromatic heterocycles. The number of hydrogen-bond donors (Lipinski definition) is 2. The Labute approximate surface area is 120 Å². The molecule has 1 amide bonds. The minimum atomic E-state index is 0.0509. The number of fused-ring (bicyclic) bond motifs is 1. The van der Waals surface area contributed by atoms with E-state index in [1.54, 1.807) is 0 Å². The summed E-state index contributed by atoms with van der Waals surface area (Å²) in [7, 11) is 0. The van der Waals surface area contributed by atoms with Gasteiger partial charge in [0.2, 0.25) is 5.91 Å². The summed E-state index contributed by atoms with van der Waals surface area (Å²) < 4.78 is 0. The number of hydrogen-bond acceptors (Lipinski definition) is 3. The molecule has 2 aliphatic rings. The lowest BCUT2D eigenvalue weighted by Crippen LogP contribution is -2.54. The maximum atomic E-state index is 11.5. The molecule has 4 nitrogen and oxygen atoms in total. The van der Waals surface area contributed by atoms with Crippen molar-refractivity contribution >= 4 is 11.6 Å². The average Bonchev–Trinajstić information content (AvgIpc) is 2.46. The fraction of sp³-hybridized carbons (Fsp3) is 0.562. The number of anilines is 1. The van der Waals surface area contributed by atoms with Gasteiger partial charge < -0.3 is 16.0 Å². The summed E-state index contributed by atoms with van der Waals surface area (Å²) in [5.74, 6) is 0.790. The van der Waals surface area contributed by atoms with Crippen LogP contribution >= 0.6 is 0 Å². The molecule has 2 heterocycles. The molecule has 1 aromatic carbocycles. The number of carbonyl (C=O) groups excluding carboxylic acids is 1. The number of rotatable bonds is 2. The van der Waals surface area contributed by atoms with E-state index in [0.717, 1.165) is 25.9 Å². The highest BCUT2D eigenvalue weighted by atomic mass is 16.1. The summed E-state index contributed by atoms with van der Waals surface area (Å²) in [5.41, 5.74) is 8.56. The highest BCUT2D eigenvalue weighted by Crippen LogP contribution is 2.32. The van der Waals surface area contributed by atoms with Gasteiger partial charge in [-0.3, -0.25) is 4.79 Å². The van der Waals surface area contributed by atoms with E-state index in [1.807, 2.05) is 6.92 Å². The zero-order valence-electron chi connectivity index (χ0n) is 12.0. The van der Waals surface area contributed by atoms with Gasteiger partial charge in [-0.2, -0.15) is 0 Å². The quantitative estimate of drug-likeness (QED) is 0.864. The molecule has 20 heavy (non-hydrogen) atoms. The summed E-state index contributed by atoms with van der Waals surface area (Å²) in [5, 5.41) is 3.14. The van der Waals surface area contributed by atoms with Crippen molar-refractivity contribution in [3.63, 3.8) is 0 Å². The molecule has 108 valence electrons. The highest BCUT2D eigenvalue weighted by Gasteiger charge is 2.34. The second-order valence-corrected chi connectivity index (χ2v) is 6.05. The normalized spacial score (nSPS) is 27.7. The van der Waals surface area contributed by atoms with Crippen molar-refractivity contribution in [3.05, 3.63) is 29.8 Å². The van der Waals surface area contributed by atoms with Crippen LogP contribution in [0.3, 0.4) is 0 Å². The lowest BCUT2D eigenvalue weighted by atomic mass is 9.84. The Balaban J connectivity index is 1.78. The van der Waals surface area contributed by atoms with Gasteiger partial charge in [-0.05, 0) is 37.3 Å². The summed E-state index contributed by atoms with van der Waals surface area (Å²) in [6, 6.07) is 8.84. The Morgan fingerprint density at radius 1 is 1.35 bits per heavy atom. The van der Waals surface area contributed by atoms with Crippen LogP contribution in [0, 0.1) is 5.92 Å².